The summed E-state index contributed by atoms with van der Waals surface area (Å²) in [6, 6.07) is 4.11. The van der Waals surface area contributed by atoms with E-state index >= 15 is 0 Å². The van der Waals surface area contributed by atoms with E-state index in [2.05, 4.69) is 20.9 Å². The van der Waals surface area contributed by atoms with Gasteiger partial charge in [0.1, 0.15) is 0 Å². The van der Waals surface area contributed by atoms with E-state index in [-0.39, 0.29) is 5.56 Å². The standard InChI is InChI=1S/C15H21F3N4O/c1-3-8-21-14(19-2)22-10-9-20-13(23)11-4-6-12(7-5-11)15(16,17)18/h4-7H,3,8-10H2,1-2H3,(H,20,23)(H2,19,21,22). The molecule has 1 aromatic rings. The van der Waals surface area contributed by atoms with E-state index in [9.17, 15) is 18.0 Å². The Balaban J connectivity index is 2.39. The van der Waals surface area contributed by atoms with Crippen LogP contribution in [0.25, 0.3) is 0 Å². The topological polar surface area (TPSA) is 65.5 Å². The minimum Gasteiger partial charge on any atom is -0.356 e. The van der Waals surface area contributed by atoms with Crippen LogP contribution < -0.4 is 16.0 Å². The molecule has 1 amide bonds. The van der Waals surface area contributed by atoms with Crippen LogP contribution in [0.5, 0.6) is 0 Å². The molecule has 0 aliphatic heterocycles. The lowest BCUT2D eigenvalue weighted by atomic mass is 10.1. The van der Waals surface area contributed by atoms with Gasteiger partial charge in [-0.05, 0) is 30.7 Å². The van der Waals surface area contributed by atoms with Crippen LogP contribution in [0.3, 0.4) is 0 Å². The highest BCUT2D eigenvalue weighted by molar-refractivity contribution is 5.94. The van der Waals surface area contributed by atoms with E-state index in [1.54, 1.807) is 7.05 Å². The zero-order chi connectivity index (χ0) is 17.3. The number of alkyl halides is 3. The number of rotatable bonds is 6. The van der Waals surface area contributed by atoms with E-state index in [1.807, 2.05) is 6.92 Å². The highest BCUT2D eigenvalue weighted by Crippen LogP contribution is 2.28. The third kappa shape index (κ3) is 6.58. The number of hydrogen-bond donors (Lipinski definition) is 3. The van der Waals surface area contributed by atoms with Gasteiger partial charge in [0.15, 0.2) is 5.96 Å². The van der Waals surface area contributed by atoms with E-state index in [1.165, 1.54) is 0 Å². The number of nitrogens with one attached hydrogen (secondary N) is 3. The van der Waals surface area contributed by atoms with Crippen LogP contribution in [0.2, 0.25) is 0 Å². The van der Waals surface area contributed by atoms with Crippen LogP contribution in [0, 0.1) is 0 Å². The van der Waals surface area contributed by atoms with Crippen LogP contribution in [-0.4, -0.2) is 38.5 Å². The van der Waals surface area contributed by atoms with Crippen LogP contribution in [-0.2, 0) is 6.18 Å². The number of halogens is 3. The largest absolute Gasteiger partial charge is 0.416 e. The van der Waals surface area contributed by atoms with Crippen LogP contribution in [0.4, 0.5) is 13.2 Å². The van der Waals surface area contributed by atoms with Gasteiger partial charge in [0.05, 0.1) is 5.56 Å². The average Bonchev–Trinajstić information content (AvgIpc) is 2.53. The number of hydrogen-bond acceptors (Lipinski definition) is 2. The molecule has 0 unspecified atom stereocenters. The number of aliphatic imine (C=N–C) groups is 1. The highest BCUT2D eigenvalue weighted by atomic mass is 19.4. The van der Waals surface area contributed by atoms with Crippen molar-refractivity contribution in [3.8, 4) is 0 Å². The van der Waals surface area contributed by atoms with Crippen molar-refractivity contribution in [2.24, 2.45) is 4.99 Å². The summed E-state index contributed by atoms with van der Waals surface area (Å²) in [6.45, 7) is 3.60. The Morgan fingerprint density at radius 1 is 1.04 bits per heavy atom. The zero-order valence-corrected chi connectivity index (χ0v) is 13.1. The van der Waals surface area contributed by atoms with Crippen molar-refractivity contribution in [3.05, 3.63) is 35.4 Å². The number of guanidine groups is 1. The molecule has 0 heterocycles. The molecule has 0 saturated carbocycles. The summed E-state index contributed by atoms with van der Waals surface area (Å²) in [4.78, 5) is 15.8. The second-order valence-electron chi connectivity index (χ2n) is 4.76. The van der Waals surface area contributed by atoms with Gasteiger partial charge in [-0.15, -0.1) is 0 Å². The molecule has 0 spiro atoms. The second kappa shape index (κ2) is 9.02. The molecule has 3 N–H and O–H groups in total. The van der Waals surface area contributed by atoms with Gasteiger partial charge in [0, 0.05) is 32.2 Å². The molecule has 0 saturated heterocycles. The van der Waals surface area contributed by atoms with Crippen molar-refractivity contribution in [1.82, 2.24) is 16.0 Å². The Labute approximate surface area is 133 Å². The van der Waals surface area contributed by atoms with Crippen molar-refractivity contribution in [1.29, 1.82) is 0 Å². The first kappa shape index (κ1) is 18.8. The first-order valence-corrected chi connectivity index (χ1v) is 7.28. The molecule has 0 aliphatic rings. The van der Waals surface area contributed by atoms with Gasteiger partial charge in [-0.2, -0.15) is 13.2 Å². The van der Waals surface area contributed by atoms with Gasteiger partial charge < -0.3 is 16.0 Å². The average molecular weight is 330 g/mol. The van der Waals surface area contributed by atoms with Crippen molar-refractivity contribution in [3.63, 3.8) is 0 Å². The Morgan fingerprint density at radius 3 is 2.13 bits per heavy atom. The molecule has 23 heavy (non-hydrogen) atoms. The summed E-state index contributed by atoms with van der Waals surface area (Å²) in [6.07, 6.45) is -3.44. The number of carbonyl (C=O) groups excluding carboxylic acids is 1. The van der Waals surface area contributed by atoms with E-state index in [4.69, 9.17) is 0 Å². The summed E-state index contributed by atoms with van der Waals surface area (Å²) in [7, 11) is 1.64. The summed E-state index contributed by atoms with van der Waals surface area (Å²) in [5, 5.41) is 8.72. The zero-order valence-electron chi connectivity index (χ0n) is 13.1. The molecule has 0 aliphatic carbocycles. The molecule has 0 bridgehead atoms. The molecule has 1 rings (SSSR count). The molecule has 0 fully saturated rings. The lowest BCUT2D eigenvalue weighted by Crippen LogP contribution is -2.41. The fourth-order valence-corrected chi connectivity index (χ4v) is 1.73. The van der Waals surface area contributed by atoms with Crippen LogP contribution in [0.1, 0.15) is 29.3 Å². The number of carbonyl (C=O) groups is 1. The van der Waals surface area contributed by atoms with Gasteiger partial charge in [-0.25, -0.2) is 0 Å². The number of nitrogens with zero attached hydrogens (tertiary/aromatic N) is 1. The van der Waals surface area contributed by atoms with Crippen LogP contribution >= 0.6 is 0 Å². The van der Waals surface area contributed by atoms with E-state index in [0.717, 1.165) is 37.2 Å². The smallest absolute Gasteiger partial charge is 0.356 e. The normalized spacial score (nSPS) is 12.0. The van der Waals surface area contributed by atoms with Crippen LogP contribution in [0.15, 0.2) is 29.3 Å². The lowest BCUT2D eigenvalue weighted by Gasteiger charge is -2.12. The molecule has 128 valence electrons. The third-order valence-corrected chi connectivity index (χ3v) is 2.94. The predicted octanol–water partition coefficient (Wildman–Crippen LogP) is 2.01. The predicted molar refractivity (Wildman–Crippen MR) is 83.4 cm³/mol. The van der Waals surface area contributed by atoms with Gasteiger partial charge in [0.2, 0.25) is 0 Å². The third-order valence-electron chi connectivity index (χ3n) is 2.94. The van der Waals surface area contributed by atoms with E-state index < -0.39 is 17.6 Å². The van der Waals surface area contributed by atoms with Gasteiger partial charge in [-0.1, -0.05) is 6.92 Å². The van der Waals surface area contributed by atoms with E-state index in [0.29, 0.717) is 19.0 Å². The maximum Gasteiger partial charge on any atom is 0.416 e. The van der Waals surface area contributed by atoms with Gasteiger partial charge in [0.25, 0.3) is 5.91 Å². The Morgan fingerprint density at radius 2 is 1.61 bits per heavy atom. The first-order chi connectivity index (χ1) is 10.9. The second-order valence-corrected chi connectivity index (χ2v) is 4.76. The van der Waals surface area contributed by atoms with Crippen molar-refractivity contribution >= 4 is 11.9 Å². The first-order valence-electron chi connectivity index (χ1n) is 7.28. The molecular weight excluding hydrogens is 309 g/mol. The number of benzene rings is 1. The Hall–Kier alpha value is -2.25. The van der Waals surface area contributed by atoms with Gasteiger partial charge >= 0.3 is 6.18 Å². The molecule has 8 heteroatoms. The molecule has 0 radical (unpaired) electrons. The minimum atomic E-state index is -4.40. The maximum absolute atomic E-state index is 12.4. The Bertz CT molecular complexity index is 527. The fraction of sp³-hybridized carbons (Fsp3) is 0.467. The molecular formula is C15H21F3N4O. The molecule has 5 nitrogen and oxygen atoms in total. The fourth-order valence-electron chi connectivity index (χ4n) is 1.73. The summed E-state index contributed by atoms with van der Waals surface area (Å²) < 4.78 is 37.3. The molecule has 1 aromatic carbocycles. The summed E-state index contributed by atoms with van der Waals surface area (Å²) in [5.74, 6) is 0.215. The lowest BCUT2D eigenvalue weighted by molar-refractivity contribution is -0.137. The number of amides is 1. The summed E-state index contributed by atoms with van der Waals surface area (Å²) in [5.41, 5.74) is -0.590. The summed E-state index contributed by atoms with van der Waals surface area (Å²) >= 11 is 0. The highest BCUT2D eigenvalue weighted by Gasteiger charge is 2.30. The minimum absolute atomic E-state index is 0.187. The van der Waals surface area contributed by atoms with Crippen molar-refractivity contribution in [2.45, 2.75) is 19.5 Å². The molecule has 0 atom stereocenters. The van der Waals surface area contributed by atoms with Crippen molar-refractivity contribution < 1.29 is 18.0 Å². The van der Waals surface area contributed by atoms with Crippen molar-refractivity contribution in [2.75, 3.05) is 26.7 Å². The monoisotopic (exact) mass is 330 g/mol. The maximum atomic E-state index is 12.4. The van der Waals surface area contributed by atoms with Gasteiger partial charge in [-0.3, -0.25) is 9.79 Å². The molecule has 0 aromatic heterocycles. The Kier molecular flexibility index (Phi) is 7.37. The SMILES string of the molecule is CCCNC(=NC)NCCNC(=O)c1ccc(C(F)(F)F)cc1. The quantitative estimate of drug-likeness (QED) is 0.425.